The molecule has 0 radical (unpaired) electrons. The van der Waals surface area contributed by atoms with Crippen molar-refractivity contribution in [1.29, 1.82) is 0 Å². The van der Waals surface area contributed by atoms with Crippen LogP contribution in [0.5, 0.6) is 0 Å². The summed E-state index contributed by atoms with van der Waals surface area (Å²) in [7, 11) is 0. The van der Waals surface area contributed by atoms with E-state index in [2.05, 4.69) is 5.32 Å². The van der Waals surface area contributed by atoms with Crippen molar-refractivity contribution in [2.75, 3.05) is 18.0 Å². The number of piperazine rings is 1. The fraction of sp³-hybridized carbons (Fsp3) is 0.462. The Balaban J connectivity index is 2.30. The number of rotatable bonds is 2. The van der Waals surface area contributed by atoms with E-state index in [1.807, 2.05) is 0 Å². The molecule has 1 heterocycles. The second kappa shape index (κ2) is 4.94. The van der Waals surface area contributed by atoms with Crippen LogP contribution in [0.15, 0.2) is 18.2 Å². The summed E-state index contributed by atoms with van der Waals surface area (Å²) in [6, 6.07) is 4.24. The maximum absolute atomic E-state index is 14.0. The highest BCUT2D eigenvalue weighted by Crippen LogP contribution is 2.25. The number of hydrogen-bond acceptors (Lipinski definition) is 3. The van der Waals surface area contributed by atoms with E-state index in [1.165, 1.54) is 6.07 Å². The van der Waals surface area contributed by atoms with Crippen molar-refractivity contribution < 1.29 is 14.3 Å². The highest BCUT2D eigenvalue weighted by atomic mass is 19.1. The topological polar surface area (TPSA) is 52.6 Å². The van der Waals surface area contributed by atoms with Gasteiger partial charge in [0, 0.05) is 13.1 Å². The summed E-state index contributed by atoms with van der Waals surface area (Å²) in [5, 5.41) is 12.1. The van der Waals surface area contributed by atoms with Crippen molar-refractivity contribution in [3.63, 3.8) is 0 Å². The maximum atomic E-state index is 14.0. The van der Waals surface area contributed by atoms with Crippen LogP contribution in [0.1, 0.15) is 25.5 Å². The van der Waals surface area contributed by atoms with Gasteiger partial charge in [-0.3, -0.25) is 4.79 Å². The highest BCUT2D eigenvalue weighted by molar-refractivity contribution is 5.86. The smallest absolute Gasteiger partial charge is 0.242 e. The number of aliphatic hydroxyl groups excluding tert-OH is 1. The molecule has 1 unspecified atom stereocenters. The molecule has 1 aliphatic heterocycles. The number of carbonyl (C=O) groups excluding carboxylic acids is 1. The van der Waals surface area contributed by atoms with Crippen LogP contribution in [-0.4, -0.2) is 30.1 Å². The number of aliphatic hydroxyl groups is 1. The summed E-state index contributed by atoms with van der Waals surface area (Å²) in [5.74, 6) is -0.504. The van der Waals surface area contributed by atoms with E-state index in [1.54, 1.807) is 30.9 Å². The fourth-order valence-electron chi connectivity index (χ4n) is 2.13. The number of carbonyl (C=O) groups is 1. The van der Waals surface area contributed by atoms with Crippen molar-refractivity contribution in [1.82, 2.24) is 5.32 Å². The minimum atomic E-state index is -0.698. The van der Waals surface area contributed by atoms with Crippen molar-refractivity contribution in [3.8, 4) is 0 Å². The van der Waals surface area contributed by atoms with Crippen molar-refractivity contribution in [3.05, 3.63) is 29.6 Å². The summed E-state index contributed by atoms with van der Waals surface area (Å²) < 4.78 is 14.0. The van der Waals surface area contributed by atoms with E-state index in [9.17, 15) is 14.3 Å². The summed E-state index contributed by atoms with van der Waals surface area (Å²) >= 11 is 0. The van der Waals surface area contributed by atoms with Crippen LogP contribution in [0.3, 0.4) is 0 Å². The molecule has 0 saturated carbocycles. The van der Waals surface area contributed by atoms with Gasteiger partial charge in [-0.15, -0.1) is 0 Å². The van der Waals surface area contributed by atoms with Gasteiger partial charge in [-0.05, 0) is 31.5 Å². The van der Waals surface area contributed by atoms with Crippen LogP contribution >= 0.6 is 0 Å². The molecule has 98 valence electrons. The molecule has 2 atom stereocenters. The molecule has 0 bridgehead atoms. The molecule has 2 N–H and O–H groups in total. The predicted molar refractivity (Wildman–Crippen MR) is 66.9 cm³/mol. The van der Waals surface area contributed by atoms with E-state index >= 15 is 0 Å². The third-order valence-corrected chi connectivity index (χ3v) is 3.26. The SMILES string of the molecule is CC1C(=O)NCCN1c1ccc([C@@H](C)O)cc1F. The van der Waals surface area contributed by atoms with Gasteiger partial charge >= 0.3 is 0 Å². The lowest BCUT2D eigenvalue weighted by atomic mass is 10.1. The second-order valence-corrected chi connectivity index (χ2v) is 4.55. The predicted octanol–water partition coefficient (Wildman–Crippen LogP) is 1.20. The van der Waals surface area contributed by atoms with Crippen LogP contribution in [0.25, 0.3) is 0 Å². The Morgan fingerprint density at radius 3 is 2.89 bits per heavy atom. The van der Waals surface area contributed by atoms with E-state index in [4.69, 9.17) is 0 Å². The summed E-state index contributed by atoms with van der Waals surface area (Å²) in [4.78, 5) is 13.3. The molecule has 5 heteroatoms. The zero-order valence-electron chi connectivity index (χ0n) is 10.5. The summed E-state index contributed by atoms with van der Waals surface area (Å²) in [6.45, 7) is 4.43. The first kappa shape index (κ1) is 12.8. The highest BCUT2D eigenvalue weighted by Gasteiger charge is 2.27. The summed E-state index contributed by atoms with van der Waals surface area (Å²) in [6.07, 6.45) is -0.698. The van der Waals surface area contributed by atoms with Crippen LogP contribution < -0.4 is 10.2 Å². The van der Waals surface area contributed by atoms with E-state index in [0.717, 1.165) is 0 Å². The van der Waals surface area contributed by atoms with Crippen molar-refractivity contribution in [2.45, 2.75) is 26.0 Å². The average molecular weight is 252 g/mol. The molecule has 4 nitrogen and oxygen atoms in total. The van der Waals surface area contributed by atoms with Crippen LogP contribution in [0.4, 0.5) is 10.1 Å². The third-order valence-electron chi connectivity index (χ3n) is 3.26. The van der Waals surface area contributed by atoms with Crippen molar-refractivity contribution >= 4 is 11.6 Å². The number of benzene rings is 1. The van der Waals surface area contributed by atoms with Crippen LogP contribution in [0, 0.1) is 5.82 Å². The average Bonchev–Trinajstić information content (AvgIpc) is 2.33. The van der Waals surface area contributed by atoms with E-state index in [-0.39, 0.29) is 11.9 Å². The number of nitrogens with zero attached hydrogens (tertiary/aromatic N) is 1. The molecule has 1 aromatic carbocycles. The van der Waals surface area contributed by atoms with Crippen molar-refractivity contribution in [2.24, 2.45) is 0 Å². The lowest BCUT2D eigenvalue weighted by molar-refractivity contribution is -0.122. The Kier molecular flexibility index (Phi) is 3.52. The molecule has 2 rings (SSSR count). The fourth-order valence-corrected chi connectivity index (χ4v) is 2.13. The molecular formula is C13H17FN2O2. The third kappa shape index (κ3) is 2.31. The van der Waals surface area contributed by atoms with Gasteiger partial charge in [0.1, 0.15) is 11.9 Å². The molecule has 0 aromatic heterocycles. The maximum Gasteiger partial charge on any atom is 0.242 e. The van der Waals surface area contributed by atoms with Gasteiger partial charge in [-0.2, -0.15) is 0 Å². The first-order chi connectivity index (χ1) is 8.50. The van der Waals surface area contributed by atoms with Gasteiger partial charge in [0.15, 0.2) is 0 Å². The normalized spacial score (nSPS) is 21.7. The Labute approximate surface area is 105 Å². The molecular weight excluding hydrogens is 235 g/mol. The monoisotopic (exact) mass is 252 g/mol. The number of amides is 1. The quantitative estimate of drug-likeness (QED) is 0.831. The minimum Gasteiger partial charge on any atom is -0.389 e. The van der Waals surface area contributed by atoms with Gasteiger partial charge in [-0.1, -0.05) is 6.07 Å². The van der Waals surface area contributed by atoms with Gasteiger partial charge in [0.05, 0.1) is 11.8 Å². The Bertz CT molecular complexity index is 462. The molecule has 0 aliphatic carbocycles. The molecule has 18 heavy (non-hydrogen) atoms. The number of nitrogens with one attached hydrogen (secondary N) is 1. The molecule has 0 spiro atoms. The number of hydrogen-bond donors (Lipinski definition) is 2. The largest absolute Gasteiger partial charge is 0.389 e. The number of anilines is 1. The summed E-state index contributed by atoms with van der Waals surface area (Å²) in [5.41, 5.74) is 0.937. The number of halogens is 1. The van der Waals surface area contributed by atoms with E-state index < -0.39 is 11.9 Å². The molecule has 1 amide bonds. The van der Waals surface area contributed by atoms with Gasteiger partial charge in [-0.25, -0.2) is 4.39 Å². The zero-order chi connectivity index (χ0) is 13.3. The standard InChI is InChI=1S/C13H17FN2O2/c1-8-13(18)15-5-6-16(8)12-4-3-10(9(2)17)7-11(12)14/h3-4,7-9,17H,5-6H2,1-2H3,(H,15,18)/t8?,9-/m1/s1. The van der Waals surface area contributed by atoms with Crippen LogP contribution in [0.2, 0.25) is 0 Å². The lowest BCUT2D eigenvalue weighted by Gasteiger charge is -2.35. The Hall–Kier alpha value is -1.62. The Morgan fingerprint density at radius 2 is 2.28 bits per heavy atom. The molecule has 1 saturated heterocycles. The molecule has 1 aromatic rings. The Morgan fingerprint density at radius 1 is 1.56 bits per heavy atom. The second-order valence-electron chi connectivity index (χ2n) is 4.55. The molecule has 1 aliphatic rings. The first-order valence-corrected chi connectivity index (χ1v) is 6.02. The van der Waals surface area contributed by atoms with Gasteiger partial charge in [0.2, 0.25) is 5.91 Å². The molecule has 1 fully saturated rings. The van der Waals surface area contributed by atoms with Gasteiger partial charge in [0.25, 0.3) is 0 Å². The van der Waals surface area contributed by atoms with E-state index in [0.29, 0.717) is 24.3 Å². The van der Waals surface area contributed by atoms with Gasteiger partial charge < -0.3 is 15.3 Å². The minimum absolute atomic E-state index is 0.0970. The zero-order valence-corrected chi connectivity index (χ0v) is 10.5. The first-order valence-electron chi connectivity index (χ1n) is 6.02. The van der Waals surface area contributed by atoms with Crippen LogP contribution in [-0.2, 0) is 4.79 Å². The lowest BCUT2D eigenvalue weighted by Crippen LogP contribution is -2.54.